The van der Waals surface area contributed by atoms with E-state index in [9.17, 15) is 4.79 Å². The van der Waals surface area contributed by atoms with E-state index in [1.165, 1.54) is 11.3 Å². The molecule has 0 spiro atoms. The van der Waals surface area contributed by atoms with Gasteiger partial charge in [-0.05, 0) is 25.3 Å². The minimum atomic E-state index is -0.777. The highest BCUT2D eigenvalue weighted by Gasteiger charge is 2.42. The molecule has 0 saturated carbocycles. The fraction of sp³-hybridized carbons (Fsp3) is 0.353. The van der Waals surface area contributed by atoms with Crippen LogP contribution in [0.3, 0.4) is 0 Å². The number of benzene rings is 1. The average Bonchev–Trinajstić information content (AvgIpc) is 2.96. The molecular weight excluding hydrogens is 340 g/mol. The van der Waals surface area contributed by atoms with Crippen LogP contribution in [0.4, 0.5) is 9.93 Å². The summed E-state index contributed by atoms with van der Waals surface area (Å²) >= 11 is 1.43. The molecule has 4 N–H and O–H groups in total. The molecule has 0 saturated heterocycles. The highest BCUT2D eigenvalue weighted by Crippen LogP contribution is 2.42. The Hall–Kier alpha value is -2.61. The van der Waals surface area contributed by atoms with Crippen molar-refractivity contribution in [2.24, 2.45) is 5.73 Å². The highest BCUT2D eigenvalue weighted by atomic mass is 32.1. The minimum absolute atomic E-state index is 0.150. The number of hydrogen-bond acceptors (Lipinski definition) is 6. The van der Waals surface area contributed by atoms with Crippen molar-refractivity contribution in [2.45, 2.75) is 31.8 Å². The quantitative estimate of drug-likeness (QED) is 0.439. The van der Waals surface area contributed by atoms with Crippen LogP contribution in [0.5, 0.6) is 0 Å². The summed E-state index contributed by atoms with van der Waals surface area (Å²) < 4.78 is 10.8. The third kappa shape index (κ3) is 3.74. The number of guanidine groups is 1. The van der Waals surface area contributed by atoms with Crippen LogP contribution in [-0.4, -0.2) is 23.7 Å². The maximum absolute atomic E-state index is 12.0. The molecule has 1 aromatic carbocycles. The molecule has 2 aromatic rings. The zero-order chi connectivity index (χ0) is 17.9. The smallest absolute Gasteiger partial charge is 0.435 e. The SMILES string of the molecule is CCOC(=O)OC1(c2ccccc2)CCc2nc(NC(=N)N)sc2C1. The number of thiazole rings is 1. The summed E-state index contributed by atoms with van der Waals surface area (Å²) in [7, 11) is 0. The third-order valence-corrected chi connectivity index (χ3v) is 5.09. The molecule has 0 bridgehead atoms. The molecular formula is C17H20N4O3S. The molecule has 1 aromatic heterocycles. The topological polar surface area (TPSA) is 110 Å². The summed E-state index contributed by atoms with van der Waals surface area (Å²) in [5.41, 5.74) is 6.49. The Morgan fingerprint density at radius 1 is 1.44 bits per heavy atom. The molecule has 1 aliphatic rings. The Labute approximate surface area is 149 Å². The van der Waals surface area contributed by atoms with Crippen LogP contribution in [0.25, 0.3) is 0 Å². The second kappa shape index (κ2) is 7.10. The number of carbonyl (C=O) groups excluding carboxylic acids is 1. The predicted molar refractivity (Wildman–Crippen MR) is 95.9 cm³/mol. The van der Waals surface area contributed by atoms with Gasteiger partial charge in [0.05, 0.1) is 12.3 Å². The average molecular weight is 360 g/mol. The molecule has 132 valence electrons. The van der Waals surface area contributed by atoms with Crippen molar-refractivity contribution in [1.82, 2.24) is 4.98 Å². The lowest BCUT2D eigenvalue weighted by Gasteiger charge is -2.36. The molecule has 0 aliphatic heterocycles. The first-order chi connectivity index (χ1) is 12.0. The molecule has 7 nitrogen and oxygen atoms in total. The maximum atomic E-state index is 12.0. The number of hydrogen-bond donors (Lipinski definition) is 3. The number of carbonyl (C=O) groups is 1. The van der Waals surface area contributed by atoms with E-state index in [0.717, 1.165) is 16.1 Å². The van der Waals surface area contributed by atoms with Crippen LogP contribution in [0.2, 0.25) is 0 Å². The van der Waals surface area contributed by atoms with Gasteiger partial charge >= 0.3 is 6.16 Å². The largest absolute Gasteiger partial charge is 0.509 e. The van der Waals surface area contributed by atoms with E-state index >= 15 is 0 Å². The molecule has 0 fully saturated rings. The maximum Gasteiger partial charge on any atom is 0.509 e. The fourth-order valence-corrected chi connectivity index (χ4v) is 4.12. The summed E-state index contributed by atoms with van der Waals surface area (Å²) in [6, 6.07) is 9.70. The lowest BCUT2D eigenvalue weighted by atomic mass is 9.80. The Morgan fingerprint density at radius 3 is 2.88 bits per heavy atom. The zero-order valence-corrected chi connectivity index (χ0v) is 14.7. The van der Waals surface area contributed by atoms with Gasteiger partial charge in [-0.3, -0.25) is 5.41 Å². The van der Waals surface area contributed by atoms with Crippen molar-refractivity contribution in [1.29, 1.82) is 5.41 Å². The normalized spacial score (nSPS) is 18.9. The van der Waals surface area contributed by atoms with Crippen molar-refractivity contribution in [2.75, 3.05) is 11.9 Å². The van der Waals surface area contributed by atoms with Gasteiger partial charge in [0.1, 0.15) is 5.60 Å². The van der Waals surface area contributed by atoms with Crippen molar-refractivity contribution in [3.63, 3.8) is 0 Å². The Kier molecular flexibility index (Phi) is 4.89. The molecule has 0 amide bonds. The molecule has 1 aliphatic carbocycles. The Balaban J connectivity index is 1.92. The van der Waals surface area contributed by atoms with E-state index in [1.54, 1.807) is 6.92 Å². The molecule has 8 heteroatoms. The van der Waals surface area contributed by atoms with E-state index in [2.05, 4.69) is 10.3 Å². The second-order valence-corrected chi connectivity index (χ2v) is 6.83. The first-order valence-corrected chi connectivity index (χ1v) is 8.85. The zero-order valence-electron chi connectivity index (χ0n) is 13.9. The number of nitrogens with one attached hydrogen (secondary N) is 2. The van der Waals surface area contributed by atoms with Gasteiger partial charge in [-0.1, -0.05) is 30.3 Å². The van der Waals surface area contributed by atoms with Crippen molar-refractivity contribution >= 4 is 28.6 Å². The molecule has 3 rings (SSSR count). The lowest BCUT2D eigenvalue weighted by molar-refractivity contribution is -0.0453. The summed E-state index contributed by atoms with van der Waals surface area (Å²) in [5, 5.41) is 10.6. The number of nitrogens with two attached hydrogens (primary N) is 1. The number of fused-ring (bicyclic) bond motifs is 1. The standard InChI is InChI=1S/C17H20N4O3S/c1-2-23-16(22)24-17(11-6-4-3-5-7-11)9-8-12-13(10-17)25-15(20-12)21-14(18)19/h3-7H,2,8-10H2,1H3,(H4,18,19,20,21). The summed E-state index contributed by atoms with van der Waals surface area (Å²) in [5.74, 6) is -0.150. The number of nitrogens with zero attached hydrogens (tertiary/aromatic N) is 1. The van der Waals surface area contributed by atoms with E-state index in [0.29, 0.717) is 24.4 Å². The second-order valence-electron chi connectivity index (χ2n) is 5.75. The number of rotatable bonds is 4. The molecule has 1 atom stereocenters. The number of anilines is 1. The monoisotopic (exact) mass is 360 g/mol. The van der Waals surface area contributed by atoms with E-state index in [-0.39, 0.29) is 12.6 Å². The van der Waals surface area contributed by atoms with Crippen LogP contribution in [0.15, 0.2) is 30.3 Å². The fourth-order valence-electron chi connectivity index (χ4n) is 2.99. The minimum Gasteiger partial charge on any atom is -0.435 e. The van der Waals surface area contributed by atoms with Gasteiger partial charge in [-0.15, -0.1) is 11.3 Å². The van der Waals surface area contributed by atoms with Gasteiger partial charge in [0.25, 0.3) is 0 Å². The first-order valence-electron chi connectivity index (χ1n) is 8.03. The van der Waals surface area contributed by atoms with Gasteiger partial charge < -0.3 is 20.5 Å². The first kappa shape index (κ1) is 17.2. The molecule has 1 unspecified atom stereocenters. The summed E-state index contributed by atoms with van der Waals surface area (Å²) in [6.45, 7) is 2.01. The van der Waals surface area contributed by atoms with Gasteiger partial charge in [-0.25, -0.2) is 9.78 Å². The molecule has 1 heterocycles. The predicted octanol–water partition coefficient (Wildman–Crippen LogP) is 3.01. The van der Waals surface area contributed by atoms with Crippen LogP contribution in [-0.2, 0) is 27.9 Å². The number of ether oxygens (including phenoxy) is 2. The third-order valence-electron chi connectivity index (χ3n) is 4.07. The van der Waals surface area contributed by atoms with Gasteiger partial charge in [0.2, 0.25) is 0 Å². The molecule has 25 heavy (non-hydrogen) atoms. The van der Waals surface area contributed by atoms with Crippen molar-refractivity contribution in [3.8, 4) is 0 Å². The summed E-state index contributed by atoms with van der Waals surface area (Å²) in [6.07, 6.45) is 1.13. The molecule has 0 radical (unpaired) electrons. The van der Waals surface area contributed by atoms with E-state index < -0.39 is 11.8 Å². The van der Waals surface area contributed by atoms with E-state index in [1.807, 2.05) is 30.3 Å². The Morgan fingerprint density at radius 2 is 2.20 bits per heavy atom. The van der Waals surface area contributed by atoms with E-state index in [4.69, 9.17) is 20.6 Å². The lowest BCUT2D eigenvalue weighted by Crippen LogP contribution is -2.38. The number of aromatic nitrogens is 1. The van der Waals surface area contributed by atoms with Gasteiger partial charge in [-0.2, -0.15) is 0 Å². The van der Waals surface area contributed by atoms with Crippen LogP contribution < -0.4 is 11.1 Å². The van der Waals surface area contributed by atoms with Crippen LogP contribution >= 0.6 is 11.3 Å². The van der Waals surface area contributed by atoms with Crippen LogP contribution in [0, 0.1) is 5.41 Å². The highest BCUT2D eigenvalue weighted by molar-refractivity contribution is 7.15. The Bertz CT molecular complexity index is 777. The number of aryl methyl sites for hydroxylation is 1. The van der Waals surface area contributed by atoms with Gasteiger partial charge in [0.15, 0.2) is 11.1 Å². The van der Waals surface area contributed by atoms with Gasteiger partial charge in [0, 0.05) is 11.3 Å². The van der Waals surface area contributed by atoms with Crippen molar-refractivity contribution in [3.05, 3.63) is 46.5 Å². The summed E-state index contributed by atoms with van der Waals surface area (Å²) in [4.78, 5) is 17.5. The van der Waals surface area contributed by atoms with Crippen LogP contribution in [0.1, 0.15) is 29.5 Å². The van der Waals surface area contributed by atoms with Crippen molar-refractivity contribution < 1.29 is 14.3 Å².